The third-order valence-corrected chi connectivity index (χ3v) is 3.96. The molecule has 126 valence electrons. The highest BCUT2D eigenvalue weighted by Gasteiger charge is 2.20. The number of aromatic nitrogens is 3. The molecule has 6 nitrogen and oxygen atoms in total. The molecule has 0 saturated carbocycles. The van der Waals surface area contributed by atoms with E-state index in [0.29, 0.717) is 12.0 Å². The molecule has 1 atom stereocenters. The van der Waals surface area contributed by atoms with Crippen LogP contribution in [0.4, 0.5) is 0 Å². The molecule has 2 rings (SSSR count). The van der Waals surface area contributed by atoms with Gasteiger partial charge >= 0.3 is 0 Å². The molecule has 0 aliphatic carbocycles. The average Bonchev–Trinajstić information content (AvgIpc) is 2.95. The Bertz CT molecular complexity index is 687. The number of pyridine rings is 1. The molecule has 0 aliphatic heterocycles. The third-order valence-electron chi connectivity index (χ3n) is 3.96. The number of hydrogen-bond acceptors (Lipinski definition) is 4. The highest BCUT2D eigenvalue weighted by molar-refractivity contribution is 6.05. The molecule has 23 heavy (non-hydrogen) atoms. The SMILES string of the molecule is CCC(CO)NC(=O)c1cc(C(C)C)nc2c1cnn2C(C)C. The first-order chi connectivity index (χ1) is 10.9. The minimum Gasteiger partial charge on any atom is -0.394 e. The molecule has 0 radical (unpaired) electrons. The number of hydrogen-bond donors (Lipinski definition) is 2. The van der Waals surface area contributed by atoms with Gasteiger partial charge in [-0.15, -0.1) is 0 Å². The van der Waals surface area contributed by atoms with Crippen LogP contribution in [0.3, 0.4) is 0 Å². The van der Waals surface area contributed by atoms with E-state index in [-0.39, 0.29) is 30.5 Å². The molecular formula is C17H26N4O2. The number of carbonyl (C=O) groups is 1. The minimum atomic E-state index is -0.242. The average molecular weight is 318 g/mol. The molecule has 2 aromatic rings. The van der Waals surface area contributed by atoms with Gasteiger partial charge in [-0.3, -0.25) is 4.79 Å². The van der Waals surface area contributed by atoms with Crippen molar-refractivity contribution in [1.82, 2.24) is 20.1 Å². The number of nitrogens with zero attached hydrogens (tertiary/aromatic N) is 3. The van der Waals surface area contributed by atoms with Crippen LogP contribution in [0.2, 0.25) is 0 Å². The lowest BCUT2D eigenvalue weighted by molar-refractivity contribution is 0.0916. The molecule has 0 spiro atoms. The Morgan fingerprint density at radius 1 is 1.35 bits per heavy atom. The summed E-state index contributed by atoms with van der Waals surface area (Å²) in [5.41, 5.74) is 2.16. The Morgan fingerprint density at radius 3 is 2.57 bits per heavy atom. The number of amides is 1. The standard InChI is InChI=1S/C17H26N4O2/c1-6-12(9-22)19-17(23)13-7-15(10(2)3)20-16-14(13)8-18-21(16)11(4)5/h7-8,10-12,22H,6,9H2,1-5H3,(H,19,23). The normalized spacial score (nSPS) is 13.0. The largest absolute Gasteiger partial charge is 0.394 e. The molecule has 2 N–H and O–H groups in total. The summed E-state index contributed by atoms with van der Waals surface area (Å²) in [5, 5.41) is 17.3. The number of rotatable bonds is 6. The van der Waals surface area contributed by atoms with Crippen LogP contribution in [0.1, 0.15) is 69.1 Å². The summed E-state index contributed by atoms with van der Waals surface area (Å²) in [6.45, 7) is 10.0. The Hall–Kier alpha value is -1.95. The van der Waals surface area contributed by atoms with E-state index in [1.807, 2.05) is 31.5 Å². The number of carbonyl (C=O) groups excluding carboxylic acids is 1. The van der Waals surface area contributed by atoms with Crippen LogP contribution < -0.4 is 5.32 Å². The van der Waals surface area contributed by atoms with Gasteiger partial charge in [0, 0.05) is 11.7 Å². The lowest BCUT2D eigenvalue weighted by Gasteiger charge is -2.16. The summed E-state index contributed by atoms with van der Waals surface area (Å²) < 4.78 is 1.83. The van der Waals surface area contributed by atoms with Gasteiger partial charge in [0.25, 0.3) is 5.91 Å². The molecule has 1 unspecified atom stereocenters. The number of aliphatic hydroxyl groups is 1. The predicted molar refractivity (Wildman–Crippen MR) is 90.6 cm³/mol. The van der Waals surface area contributed by atoms with E-state index in [1.54, 1.807) is 6.20 Å². The zero-order valence-electron chi connectivity index (χ0n) is 14.5. The van der Waals surface area contributed by atoms with Crippen LogP contribution in [-0.2, 0) is 0 Å². The van der Waals surface area contributed by atoms with Crippen molar-refractivity contribution >= 4 is 16.9 Å². The van der Waals surface area contributed by atoms with Crippen LogP contribution in [0, 0.1) is 0 Å². The summed E-state index contributed by atoms with van der Waals surface area (Å²) in [4.78, 5) is 17.3. The van der Waals surface area contributed by atoms with Crippen molar-refractivity contribution in [1.29, 1.82) is 0 Å². The fraction of sp³-hybridized carbons (Fsp3) is 0.588. The molecule has 0 bridgehead atoms. The predicted octanol–water partition coefficient (Wildman–Crippen LogP) is 2.64. The molecular weight excluding hydrogens is 292 g/mol. The molecule has 0 saturated heterocycles. The van der Waals surface area contributed by atoms with E-state index in [1.165, 1.54) is 0 Å². The Labute approximate surface area is 136 Å². The number of aliphatic hydroxyl groups excluding tert-OH is 1. The van der Waals surface area contributed by atoms with Crippen molar-refractivity contribution in [3.8, 4) is 0 Å². The number of fused-ring (bicyclic) bond motifs is 1. The van der Waals surface area contributed by atoms with Gasteiger partial charge in [-0.2, -0.15) is 5.10 Å². The quantitative estimate of drug-likeness (QED) is 0.858. The van der Waals surface area contributed by atoms with Gasteiger partial charge in [0.1, 0.15) is 0 Å². The van der Waals surface area contributed by atoms with E-state index < -0.39 is 0 Å². The van der Waals surface area contributed by atoms with Crippen molar-refractivity contribution in [2.45, 2.75) is 59.0 Å². The summed E-state index contributed by atoms with van der Waals surface area (Å²) in [7, 11) is 0. The van der Waals surface area contributed by atoms with Crippen molar-refractivity contribution < 1.29 is 9.90 Å². The van der Waals surface area contributed by atoms with Gasteiger partial charge in [0.15, 0.2) is 5.65 Å². The Kier molecular flexibility index (Phi) is 5.36. The smallest absolute Gasteiger partial charge is 0.252 e. The molecule has 6 heteroatoms. The first-order valence-corrected chi connectivity index (χ1v) is 8.18. The monoisotopic (exact) mass is 318 g/mol. The molecule has 0 aromatic carbocycles. The Balaban J connectivity index is 2.55. The van der Waals surface area contributed by atoms with Gasteiger partial charge in [0.05, 0.1) is 29.8 Å². The fourth-order valence-corrected chi connectivity index (χ4v) is 2.44. The van der Waals surface area contributed by atoms with Crippen molar-refractivity contribution in [2.24, 2.45) is 0 Å². The second-order valence-electron chi connectivity index (χ2n) is 6.43. The van der Waals surface area contributed by atoms with E-state index >= 15 is 0 Å². The van der Waals surface area contributed by atoms with Gasteiger partial charge in [0.2, 0.25) is 0 Å². The molecule has 2 heterocycles. The lowest BCUT2D eigenvalue weighted by Crippen LogP contribution is -2.37. The zero-order chi connectivity index (χ0) is 17.1. The van der Waals surface area contributed by atoms with Crippen LogP contribution in [0.25, 0.3) is 11.0 Å². The zero-order valence-corrected chi connectivity index (χ0v) is 14.5. The molecule has 0 aliphatic rings. The topological polar surface area (TPSA) is 80.0 Å². The van der Waals surface area contributed by atoms with E-state index in [4.69, 9.17) is 0 Å². The van der Waals surface area contributed by atoms with Crippen LogP contribution in [0.15, 0.2) is 12.3 Å². The second kappa shape index (κ2) is 7.08. The van der Waals surface area contributed by atoms with Gasteiger partial charge in [-0.25, -0.2) is 9.67 Å². The minimum absolute atomic E-state index is 0.0707. The van der Waals surface area contributed by atoms with Crippen LogP contribution >= 0.6 is 0 Å². The second-order valence-corrected chi connectivity index (χ2v) is 6.43. The third kappa shape index (κ3) is 3.52. The highest BCUT2D eigenvalue weighted by atomic mass is 16.3. The summed E-state index contributed by atoms with van der Waals surface area (Å²) in [5.74, 6) is 0.0183. The van der Waals surface area contributed by atoms with Crippen molar-refractivity contribution in [2.75, 3.05) is 6.61 Å². The van der Waals surface area contributed by atoms with Gasteiger partial charge in [-0.1, -0.05) is 20.8 Å². The summed E-state index contributed by atoms with van der Waals surface area (Å²) >= 11 is 0. The highest BCUT2D eigenvalue weighted by Crippen LogP contribution is 2.24. The fourth-order valence-electron chi connectivity index (χ4n) is 2.44. The summed E-state index contributed by atoms with van der Waals surface area (Å²) in [6, 6.07) is 1.76. The molecule has 2 aromatic heterocycles. The van der Waals surface area contributed by atoms with Crippen molar-refractivity contribution in [3.63, 3.8) is 0 Å². The summed E-state index contributed by atoms with van der Waals surface area (Å²) in [6.07, 6.45) is 2.38. The first kappa shape index (κ1) is 17.4. The number of nitrogens with one attached hydrogen (secondary N) is 1. The van der Waals surface area contributed by atoms with Crippen LogP contribution in [0.5, 0.6) is 0 Å². The maximum atomic E-state index is 12.7. The van der Waals surface area contributed by atoms with Gasteiger partial charge < -0.3 is 10.4 Å². The van der Waals surface area contributed by atoms with E-state index in [0.717, 1.165) is 16.7 Å². The molecule has 0 fully saturated rings. The molecule has 1 amide bonds. The maximum absolute atomic E-state index is 12.7. The maximum Gasteiger partial charge on any atom is 0.252 e. The van der Waals surface area contributed by atoms with Gasteiger partial charge in [-0.05, 0) is 32.3 Å². The van der Waals surface area contributed by atoms with Crippen molar-refractivity contribution in [3.05, 3.63) is 23.5 Å². The van der Waals surface area contributed by atoms with E-state index in [2.05, 4.69) is 29.2 Å². The lowest BCUT2D eigenvalue weighted by atomic mass is 10.0. The van der Waals surface area contributed by atoms with Crippen LogP contribution in [-0.4, -0.2) is 38.4 Å². The van der Waals surface area contributed by atoms with E-state index in [9.17, 15) is 9.90 Å². The Morgan fingerprint density at radius 2 is 2.04 bits per heavy atom. The first-order valence-electron chi connectivity index (χ1n) is 8.18.